The van der Waals surface area contributed by atoms with Crippen molar-refractivity contribution in [2.45, 2.75) is 38.3 Å². The van der Waals surface area contributed by atoms with Gasteiger partial charge in [-0.05, 0) is 46.3 Å². The van der Waals surface area contributed by atoms with E-state index in [1.165, 1.54) is 25.6 Å². The molecule has 2 unspecified atom stereocenters. The Morgan fingerprint density at radius 3 is 3.07 bits per heavy atom. The van der Waals surface area contributed by atoms with Gasteiger partial charge < -0.3 is 15.0 Å². The fourth-order valence-electron chi connectivity index (χ4n) is 2.02. The van der Waals surface area contributed by atoms with Crippen LogP contribution in [0, 0.1) is 0 Å². The highest BCUT2D eigenvalue weighted by Gasteiger charge is 2.21. The Hall–Kier alpha value is -0.540. The summed E-state index contributed by atoms with van der Waals surface area (Å²) in [6.45, 7) is 8.86. The van der Waals surface area contributed by atoms with E-state index < -0.39 is 0 Å². The molecular weight excluding hydrogens is 188 g/mol. The third kappa shape index (κ3) is 4.67. The van der Waals surface area contributed by atoms with Crippen molar-refractivity contribution in [2.24, 2.45) is 0 Å². The first kappa shape index (κ1) is 12.5. The van der Waals surface area contributed by atoms with Crippen LogP contribution in [-0.4, -0.2) is 43.7 Å². The zero-order valence-electron chi connectivity index (χ0n) is 10.0. The van der Waals surface area contributed by atoms with E-state index in [1.54, 1.807) is 0 Å². The molecule has 0 bridgehead atoms. The first-order valence-electron chi connectivity index (χ1n) is 5.90. The summed E-state index contributed by atoms with van der Waals surface area (Å²) in [7, 11) is 2.21. The van der Waals surface area contributed by atoms with Crippen LogP contribution in [0.5, 0.6) is 0 Å². The molecule has 1 heterocycles. The van der Waals surface area contributed by atoms with Gasteiger partial charge in [-0.15, -0.1) is 0 Å². The van der Waals surface area contributed by atoms with Gasteiger partial charge in [-0.1, -0.05) is 6.58 Å². The molecule has 0 aromatic heterocycles. The molecule has 1 aliphatic rings. The Labute approximate surface area is 93.5 Å². The van der Waals surface area contributed by atoms with E-state index in [-0.39, 0.29) is 0 Å². The van der Waals surface area contributed by atoms with Gasteiger partial charge in [0.1, 0.15) is 0 Å². The van der Waals surface area contributed by atoms with Gasteiger partial charge in [0.15, 0.2) is 0 Å². The highest BCUT2D eigenvalue weighted by atomic mass is 16.5. The fourth-order valence-corrected chi connectivity index (χ4v) is 2.02. The Kier molecular flexibility index (Phi) is 5.73. The van der Waals surface area contributed by atoms with Crippen LogP contribution in [0.3, 0.4) is 0 Å². The second-order valence-corrected chi connectivity index (χ2v) is 4.40. The van der Waals surface area contributed by atoms with E-state index in [2.05, 4.69) is 30.8 Å². The third-order valence-corrected chi connectivity index (χ3v) is 3.20. The van der Waals surface area contributed by atoms with Crippen LogP contribution in [0.4, 0.5) is 0 Å². The number of likely N-dealkylation sites (tertiary alicyclic amines) is 1. The number of ether oxygens (including phenoxy) is 1. The average molecular weight is 212 g/mol. The van der Waals surface area contributed by atoms with Crippen LogP contribution >= 0.6 is 0 Å². The maximum atomic E-state index is 5.08. The number of hydrogen-bond acceptors (Lipinski definition) is 3. The van der Waals surface area contributed by atoms with Crippen LogP contribution in [0.25, 0.3) is 0 Å². The monoisotopic (exact) mass is 212 g/mol. The molecule has 1 saturated heterocycles. The standard InChI is InChI=1S/C12H24N2O/c1-4-15-9-5-7-13-12-6-8-14(3)11(2)10-12/h4,11-13H,1,5-10H2,2-3H3. The summed E-state index contributed by atoms with van der Waals surface area (Å²) in [6, 6.07) is 1.40. The molecule has 1 rings (SSSR count). The lowest BCUT2D eigenvalue weighted by molar-refractivity contribution is 0.166. The van der Waals surface area contributed by atoms with E-state index in [9.17, 15) is 0 Å². The minimum atomic E-state index is 0.694. The van der Waals surface area contributed by atoms with Crippen LogP contribution in [-0.2, 0) is 4.74 Å². The van der Waals surface area contributed by atoms with E-state index >= 15 is 0 Å². The molecule has 15 heavy (non-hydrogen) atoms. The first-order chi connectivity index (χ1) is 7.24. The molecule has 0 amide bonds. The molecule has 0 aromatic rings. The summed E-state index contributed by atoms with van der Waals surface area (Å²) >= 11 is 0. The zero-order chi connectivity index (χ0) is 11.1. The molecule has 2 atom stereocenters. The Balaban J connectivity index is 2.04. The highest BCUT2D eigenvalue weighted by Crippen LogP contribution is 2.14. The molecule has 1 fully saturated rings. The lowest BCUT2D eigenvalue weighted by atomic mass is 9.99. The molecule has 0 aromatic carbocycles. The Morgan fingerprint density at radius 1 is 1.60 bits per heavy atom. The highest BCUT2D eigenvalue weighted by molar-refractivity contribution is 4.80. The summed E-state index contributed by atoms with van der Waals surface area (Å²) in [5.41, 5.74) is 0. The largest absolute Gasteiger partial charge is 0.502 e. The number of hydrogen-bond donors (Lipinski definition) is 1. The minimum absolute atomic E-state index is 0.694. The smallest absolute Gasteiger partial charge is 0.0885 e. The van der Waals surface area contributed by atoms with Gasteiger partial charge >= 0.3 is 0 Å². The first-order valence-corrected chi connectivity index (χ1v) is 5.90. The van der Waals surface area contributed by atoms with Crippen molar-refractivity contribution in [3.63, 3.8) is 0 Å². The fraction of sp³-hybridized carbons (Fsp3) is 0.833. The van der Waals surface area contributed by atoms with Gasteiger partial charge in [0.05, 0.1) is 12.9 Å². The quantitative estimate of drug-likeness (QED) is 0.535. The van der Waals surface area contributed by atoms with Crippen LogP contribution in [0.15, 0.2) is 12.8 Å². The topological polar surface area (TPSA) is 24.5 Å². The van der Waals surface area contributed by atoms with E-state index in [1.807, 2.05) is 0 Å². The zero-order valence-corrected chi connectivity index (χ0v) is 10.0. The summed E-state index contributed by atoms with van der Waals surface area (Å²) in [6.07, 6.45) is 5.10. The molecule has 3 nitrogen and oxygen atoms in total. The molecule has 3 heteroatoms. The molecule has 88 valence electrons. The molecule has 0 radical (unpaired) electrons. The molecule has 0 aliphatic carbocycles. The van der Waals surface area contributed by atoms with Crippen molar-refractivity contribution in [3.05, 3.63) is 12.8 Å². The van der Waals surface area contributed by atoms with Crippen molar-refractivity contribution >= 4 is 0 Å². The molecular formula is C12H24N2O. The summed E-state index contributed by atoms with van der Waals surface area (Å²) in [5.74, 6) is 0. The molecule has 1 N–H and O–H groups in total. The summed E-state index contributed by atoms with van der Waals surface area (Å²) in [5, 5.41) is 3.59. The maximum Gasteiger partial charge on any atom is 0.0885 e. The van der Waals surface area contributed by atoms with Gasteiger partial charge in [0.25, 0.3) is 0 Å². The lowest BCUT2D eigenvalue weighted by Gasteiger charge is -2.35. The minimum Gasteiger partial charge on any atom is -0.502 e. The number of nitrogens with one attached hydrogen (secondary N) is 1. The number of nitrogens with zero attached hydrogens (tertiary/aromatic N) is 1. The van der Waals surface area contributed by atoms with Crippen molar-refractivity contribution in [1.29, 1.82) is 0 Å². The average Bonchev–Trinajstić information content (AvgIpc) is 2.23. The van der Waals surface area contributed by atoms with Crippen molar-refractivity contribution in [1.82, 2.24) is 10.2 Å². The van der Waals surface area contributed by atoms with Gasteiger partial charge in [-0.3, -0.25) is 0 Å². The van der Waals surface area contributed by atoms with Crippen molar-refractivity contribution < 1.29 is 4.74 Å². The summed E-state index contributed by atoms with van der Waals surface area (Å²) in [4.78, 5) is 2.43. The number of piperidine rings is 1. The molecule has 0 spiro atoms. The SMILES string of the molecule is C=COCCCNC1CCN(C)C(C)C1. The number of rotatable bonds is 6. The maximum absolute atomic E-state index is 5.08. The van der Waals surface area contributed by atoms with Crippen LogP contribution in [0.1, 0.15) is 26.2 Å². The van der Waals surface area contributed by atoms with Gasteiger partial charge in [-0.2, -0.15) is 0 Å². The predicted molar refractivity (Wildman–Crippen MR) is 63.9 cm³/mol. The second kappa shape index (κ2) is 6.85. The van der Waals surface area contributed by atoms with Gasteiger partial charge in [0, 0.05) is 12.1 Å². The van der Waals surface area contributed by atoms with Crippen LogP contribution < -0.4 is 5.32 Å². The van der Waals surface area contributed by atoms with Gasteiger partial charge in [-0.25, -0.2) is 0 Å². The van der Waals surface area contributed by atoms with E-state index in [0.29, 0.717) is 12.1 Å². The Morgan fingerprint density at radius 2 is 2.40 bits per heavy atom. The van der Waals surface area contributed by atoms with Crippen molar-refractivity contribution in [2.75, 3.05) is 26.7 Å². The lowest BCUT2D eigenvalue weighted by Crippen LogP contribution is -2.45. The van der Waals surface area contributed by atoms with Crippen molar-refractivity contribution in [3.8, 4) is 0 Å². The summed E-state index contributed by atoms with van der Waals surface area (Å²) < 4.78 is 5.08. The van der Waals surface area contributed by atoms with E-state index in [0.717, 1.165) is 19.6 Å². The van der Waals surface area contributed by atoms with Gasteiger partial charge in [0.2, 0.25) is 0 Å². The Bertz CT molecular complexity index is 184. The molecule has 1 aliphatic heterocycles. The second-order valence-electron chi connectivity index (χ2n) is 4.40. The van der Waals surface area contributed by atoms with E-state index in [4.69, 9.17) is 4.74 Å². The predicted octanol–water partition coefficient (Wildman–Crippen LogP) is 1.61. The third-order valence-electron chi connectivity index (χ3n) is 3.20. The normalized spacial score (nSPS) is 27.6. The molecule has 0 saturated carbocycles. The van der Waals surface area contributed by atoms with Crippen LogP contribution in [0.2, 0.25) is 0 Å².